The lowest BCUT2D eigenvalue weighted by molar-refractivity contribution is -0.119. The van der Waals surface area contributed by atoms with Crippen molar-refractivity contribution in [3.63, 3.8) is 0 Å². The average molecular weight is 321 g/mol. The number of nitrogens with one attached hydrogen (secondary N) is 2. The zero-order valence-electron chi connectivity index (χ0n) is 10.5. The van der Waals surface area contributed by atoms with Crippen LogP contribution in [-0.2, 0) is 4.79 Å². The third-order valence-electron chi connectivity index (χ3n) is 2.86. The first-order chi connectivity index (χ1) is 8.75. The van der Waals surface area contributed by atoms with Crippen LogP contribution in [0.2, 0.25) is 5.02 Å². The normalized spacial score (nSPS) is 18.5. The van der Waals surface area contributed by atoms with Crippen molar-refractivity contribution in [2.75, 3.05) is 18.8 Å². The second kappa shape index (κ2) is 8.69. The molecule has 0 spiro atoms. The molecule has 106 valence electrons. The van der Waals surface area contributed by atoms with Gasteiger partial charge in [0.05, 0.1) is 10.8 Å². The molecular formula is C13H18Cl2N2OS. The Morgan fingerprint density at radius 3 is 2.95 bits per heavy atom. The molecule has 0 bridgehead atoms. The number of hydrogen-bond donors (Lipinski definition) is 2. The maximum Gasteiger partial charge on any atom is 0.230 e. The average Bonchev–Trinajstić information content (AvgIpc) is 2.39. The van der Waals surface area contributed by atoms with Crippen molar-refractivity contribution in [3.8, 4) is 0 Å². The summed E-state index contributed by atoms with van der Waals surface area (Å²) in [5.74, 6) is 0.494. The van der Waals surface area contributed by atoms with Gasteiger partial charge >= 0.3 is 0 Å². The van der Waals surface area contributed by atoms with E-state index >= 15 is 0 Å². The van der Waals surface area contributed by atoms with Crippen molar-refractivity contribution in [2.45, 2.75) is 23.8 Å². The number of thioether (sulfide) groups is 1. The quantitative estimate of drug-likeness (QED) is 0.838. The van der Waals surface area contributed by atoms with Crippen molar-refractivity contribution in [3.05, 3.63) is 29.3 Å². The first kappa shape index (κ1) is 16.6. The number of rotatable bonds is 4. The highest BCUT2D eigenvalue weighted by Gasteiger charge is 2.15. The molecular weight excluding hydrogens is 303 g/mol. The lowest BCUT2D eigenvalue weighted by Crippen LogP contribution is -2.46. The van der Waals surface area contributed by atoms with Crippen LogP contribution in [0, 0.1) is 0 Å². The highest BCUT2D eigenvalue weighted by molar-refractivity contribution is 8.00. The van der Waals surface area contributed by atoms with Gasteiger partial charge in [0.2, 0.25) is 5.91 Å². The Balaban J connectivity index is 0.00000180. The summed E-state index contributed by atoms with van der Waals surface area (Å²) < 4.78 is 0. The zero-order valence-corrected chi connectivity index (χ0v) is 12.9. The lowest BCUT2D eigenvalue weighted by Gasteiger charge is -2.23. The molecule has 1 saturated heterocycles. The summed E-state index contributed by atoms with van der Waals surface area (Å²) in [6.07, 6.45) is 2.19. The molecule has 1 amide bonds. The molecule has 1 aromatic carbocycles. The fraction of sp³-hybridized carbons (Fsp3) is 0.462. The fourth-order valence-electron chi connectivity index (χ4n) is 1.95. The van der Waals surface area contributed by atoms with Crippen molar-refractivity contribution in [2.24, 2.45) is 0 Å². The first-order valence-corrected chi connectivity index (χ1v) is 7.49. The summed E-state index contributed by atoms with van der Waals surface area (Å²) in [6, 6.07) is 7.87. The fourth-order valence-corrected chi connectivity index (χ4v) is 3.00. The maximum absolute atomic E-state index is 11.8. The van der Waals surface area contributed by atoms with Crippen molar-refractivity contribution in [1.29, 1.82) is 0 Å². The minimum atomic E-state index is 0. The summed E-state index contributed by atoms with van der Waals surface area (Å²) in [7, 11) is 0. The number of amides is 1. The minimum Gasteiger partial charge on any atom is -0.351 e. The van der Waals surface area contributed by atoms with E-state index in [4.69, 9.17) is 11.6 Å². The Morgan fingerprint density at radius 1 is 1.47 bits per heavy atom. The van der Waals surface area contributed by atoms with Crippen LogP contribution in [0.1, 0.15) is 12.8 Å². The summed E-state index contributed by atoms with van der Waals surface area (Å²) in [5.41, 5.74) is 0. The van der Waals surface area contributed by atoms with Crippen LogP contribution in [-0.4, -0.2) is 30.8 Å². The smallest absolute Gasteiger partial charge is 0.230 e. The van der Waals surface area contributed by atoms with Crippen LogP contribution < -0.4 is 10.6 Å². The standard InChI is InChI=1S/C13H17ClN2OS.ClH/c14-11-5-1-2-6-12(11)18-9-13(17)16-10-4-3-7-15-8-10;/h1-2,5-6,10,15H,3-4,7-9H2,(H,16,17);1H. The Morgan fingerprint density at radius 2 is 2.26 bits per heavy atom. The molecule has 0 saturated carbocycles. The van der Waals surface area contributed by atoms with E-state index in [2.05, 4.69) is 10.6 Å². The molecule has 1 atom stereocenters. The number of benzene rings is 1. The van der Waals surface area contributed by atoms with Crippen LogP contribution in [0.15, 0.2) is 29.2 Å². The lowest BCUT2D eigenvalue weighted by atomic mass is 10.1. The summed E-state index contributed by atoms with van der Waals surface area (Å²) in [5, 5.41) is 7.03. The monoisotopic (exact) mass is 320 g/mol. The number of halogens is 2. The number of hydrogen-bond acceptors (Lipinski definition) is 3. The Bertz CT molecular complexity index is 411. The third-order valence-corrected chi connectivity index (χ3v) is 4.37. The van der Waals surface area contributed by atoms with Gasteiger partial charge in [0, 0.05) is 17.5 Å². The molecule has 2 N–H and O–H groups in total. The summed E-state index contributed by atoms with van der Waals surface area (Å²) in [6.45, 7) is 1.93. The molecule has 1 fully saturated rings. The van der Waals surface area contributed by atoms with Crippen LogP contribution in [0.4, 0.5) is 0 Å². The third kappa shape index (κ3) is 5.61. The van der Waals surface area contributed by atoms with Gasteiger partial charge in [-0.1, -0.05) is 23.7 Å². The predicted molar refractivity (Wildman–Crippen MR) is 83.5 cm³/mol. The van der Waals surface area contributed by atoms with Gasteiger partial charge < -0.3 is 10.6 Å². The van der Waals surface area contributed by atoms with E-state index in [0.29, 0.717) is 10.8 Å². The molecule has 0 aromatic heterocycles. The molecule has 1 aliphatic heterocycles. The Labute approximate surface area is 129 Å². The van der Waals surface area contributed by atoms with Crippen LogP contribution in [0.3, 0.4) is 0 Å². The molecule has 2 rings (SSSR count). The molecule has 1 aliphatic rings. The molecule has 1 unspecified atom stereocenters. The van der Waals surface area contributed by atoms with Gasteiger partial charge in [-0.3, -0.25) is 4.79 Å². The first-order valence-electron chi connectivity index (χ1n) is 6.13. The maximum atomic E-state index is 11.8. The molecule has 0 aliphatic carbocycles. The highest BCUT2D eigenvalue weighted by atomic mass is 35.5. The summed E-state index contributed by atoms with van der Waals surface area (Å²) in [4.78, 5) is 12.7. The number of carbonyl (C=O) groups is 1. The van der Waals surface area contributed by atoms with E-state index in [9.17, 15) is 4.79 Å². The van der Waals surface area contributed by atoms with Crippen LogP contribution in [0.25, 0.3) is 0 Å². The highest BCUT2D eigenvalue weighted by Crippen LogP contribution is 2.26. The number of carbonyl (C=O) groups excluding carboxylic acids is 1. The molecule has 1 aromatic rings. The van der Waals surface area contributed by atoms with Crippen molar-refractivity contribution < 1.29 is 4.79 Å². The van der Waals surface area contributed by atoms with E-state index in [1.807, 2.05) is 24.3 Å². The molecule has 19 heavy (non-hydrogen) atoms. The Hall–Kier alpha value is -0.420. The van der Waals surface area contributed by atoms with Crippen LogP contribution in [0.5, 0.6) is 0 Å². The van der Waals surface area contributed by atoms with E-state index < -0.39 is 0 Å². The predicted octanol–water partition coefficient (Wildman–Crippen LogP) is 2.72. The molecule has 0 radical (unpaired) electrons. The van der Waals surface area contributed by atoms with Gasteiger partial charge in [-0.2, -0.15) is 0 Å². The minimum absolute atomic E-state index is 0. The van der Waals surface area contributed by atoms with Gasteiger partial charge in [0.15, 0.2) is 0 Å². The molecule has 1 heterocycles. The van der Waals surface area contributed by atoms with Crippen molar-refractivity contribution >= 4 is 41.7 Å². The van der Waals surface area contributed by atoms with Gasteiger partial charge in [-0.05, 0) is 31.5 Å². The SMILES string of the molecule is Cl.O=C(CSc1ccccc1Cl)NC1CCCNC1. The van der Waals surface area contributed by atoms with Gasteiger partial charge in [-0.15, -0.1) is 24.2 Å². The van der Waals surface area contributed by atoms with Crippen LogP contribution >= 0.6 is 35.8 Å². The zero-order chi connectivity index (χ0) is 12.8. The van der Waals surface area contributed by atoms with Crippen molar-refractivity contribution in [1.82, 2.24) is 10.6 Å². The van der Waals surface area contributed by atoms with E-state index in [1.165, 1.54) is 11.8 Å². The second-order valence-corrected chi connectivity index (χ2v) is 5.75. The van der Waals surface area contributed by atoms with Gasteiger partial charge in [-0.25, -0.2) is 0 Å². The molecule has 6 heteroatoms. The second-order valence-electron chi connectivity index (χ2n) is 4.33. The van der Waals surface area contributed by atoms with E-state index in [-0.39, 0.29) is 24.4 Å². The molecule has 3 nitrogen and oxygen atoms in total. The van der Waals surface area contributed by atoms with E-state index in [0.717, 1.165) is 30.8 Å². The Kier molecular flexibility index (Phi) is 7.61. The van der Waals surface area contributed by atoms with E-state index in [1.54, 1.807) is 0 Å². The topological polar surface area (TPSA) is 41.1 Å². The van der Waals surface area contributed by atoms with Gasteiger partial charge in [0.1, 0.15) is 0 Å². The summed E-state index contributed by atoms with van der Waals surface area (Å²) >= 11 is 7.52. The largest absolute Gasteiger partial charge is 0.351 e. The van der Waals surface area contributed by atoms with Gasteiger partial charge in [0.25, 0.3) is 0 Å². The number of piperidine rings is 1.